The molecule has 2 rings (SSSR count). The van der Waals surface area contributed by atoms with Crippen molar-refractivity contribution in [1.82, 2.24) is 0 Å². The molecule has 0 fully saturated rings. The maximum Gasteiger partial charge on any atom is 0.174 e. The van der Waals surface area contributed by atoms with Gasteiger partial charge in [0.1, 0.15) is 0 Å². The van der Waals surface area contributed by atoms with Crippen molar-refractivity contribution in [3.8, 4) is 0 Å². The predicted molar refractivity (Wildman–Crippen MR) is 61.0 cm³/mol. The van der Waals surface area contributed by atoms with Gasteiger partial charge < -0.3 is 5.73 Å². The fourth-order valence-electron chi connectivity index (χ4n) is 1.86. The number of anilines is 1. The lowest BCUT2D eigenvalue weighted by molar-refractivity contribution is 0.0835. The van der Waals surface area contributed by atoms with Crippen molar-refractivity contribution in [3.63, 3.8) is 0 Å². The smallest absolute Gasteiger partial charge is 0.174 e. The summed E-state index contributed by atoms with van der Waals surface area (Å²) in [5, 5.41) is 0. The van der Waals surface area contributed by atoms with Crippen molar-refractivity contribution in [3.05, 3.63) is 27.7 Å². The lowest BCUT2D eigenvalue weighted by atomic mass is 10.0. The molecule has 1 aromatic carbocycles. The van der Waals surface area contributed by atoms with Crippen molar-refractivity contribution >= 4 is 33.2 Å². The summed E-state index contributed by atoms with van der Waals surface area (Å²) in [7, 11) is 0. The Labute approximate surface area is 95.8 Å². The number of benzene rings is 1. The van der Waals surface area contributed by atoms with E-state index in [4.69, 9.17) is 5.73 Å². The van der Waals surface area contributed by atoms with Crippen LogP contribution in [0.25, 0.3) is 0 Å². The topological polar surface area (TPSA) is 60.2 Å². The minimum atomic E-state index is -0.506. The molecule has 0 spiro atoms. The van der Waals surface area contributed by atoms with Gasteiger partial charge in [0.25, 0.3) is 0 Å². The third-order valence-electron chi connectivity index (χ3n) is 2.71. The lowest BCUT2D eigenvalue weighted by Gasteiger charge is -2.00. The molecule has 0 unspecified atom stereocenters. The van der Waals surface area contributed by atoms with Gasteiger partial charge in [-0.15, -0.1) is 0 Å². The van der Waals surface area contributed by atoms with Crippen LogP contribution < -0.4 is 5.73 Å². The van der Waals surface area contributed by atoms with E-state index in [1.807, 2.05) is 6.92 Å². The van der Waals surface area contributed by atoms with Gasteiger partial charge in [-0.1, -0.05) is 6.92 Å². The summed E-state index contributed by atoms with van der Waals surface area (Å²) >= 11 is 3.25. The van der Waals surface area contributed by atoms with E-state index >= 15 is 0 Å². The third-order valence-corrected chi connectivity index (χ3v) is 3.40. The zero-order chi connectivity index (χ0) is 11.2. The molecule has 0 saturated heterocycles. The van der Waals surface area contributed by atoms with Crippen LogP contribution >= 0.6 is 15.9 Å². The number of nitrogen functional groups attached to an aromatic ring is 1. The Hall–Kier alpha value is -1.16. The van der Waals surface area contributed by atoms with Crippen LogP contribution in [0.15, 0.2) is 16.6 Å². The molecule has 2 N–H and O–H groups in total. The van der Waals surface area contributed by atoms with E-state index in [2.05, 4.69) is 15.9 Å². The zero-order valence-electron chi connectivity index (χ0n) is 8.21. The average molecular weight is 268 g/mol. The molecule has 0 radical (unpaired) electrons. The normalized spacial score (nSPS) is 19.5. The number of ketones is 2. The first-order valence-electron chi connectivity index (χ1n) is 4.73. The Morgan fingerprint density at radius 2 is 1.80 bits per heavy atom. The summed E-state index contributed by atoms with van der Waals surface area (Å²) in [6.45, 7) is 1.84. The Kier molecular flexibility index (Phi) is 2.38. The molecule has 0 saturated carbocycles. The Bertz CT molecular complexity index is 427. The predicted octanol–water partition coefficient (Wildman–Crippen LogP) is 2.44. The number of fused-ring (bicyclic) bond motifs is 1. The van der Waals surface area contributed by atoms with Gasteiger partial charge in [-0.25, -0.2) is 0 Å². The number of carbonyl (C=O) groups excluding carboxylic acids is 2. The van der Waals surface area contributed by atoms with Crippen molar-refractivity contribution in [2.75, 3.05) is 5.73 Å². The molecule has 0 amide bonds. The van der Waals surface area contributed by atoms with E-state index < -0.39 is 5.92 Å². The number of hydrogen-bond donors (Lipinski definition) is 1. The first-order chi connectivity index (χ1) is 7.06. The van der Waals surface area contributed by atoms with Crippen LogP contribution in [-0.4, -0.2) is 11.6 Å². The van der Waals surface area contributed by atoms with Gasteiger partial charge in [0, 0.05) is 21.3 Å². The van der Waals surface area contributed by atoms with E-state index in [0.717, 1.165) is 0 Å². The molecule has 1 aromatic rings. The van der Waals surface area contributed by atoms with E-state index in [9.17, 15) is 9.59 Å². The zero-order valence-corrected chi connectivity index (χ0v) is 9.80. The average Bonchev–Trinajstić information content (AvgIpc) is 2.42. The molecule has 1 atom stereocenters. The second kappa shape index (κ2) is 3.45. The summed E-state index contributed by atoms with van der Waals surface area (Å²) in [5.74, 6) is -0.691. The van der Waals surface area contributed by atoms with Crippen molar-refractivity contribution < 1.29 is 9.59 Å². The highest BCUT2D eigenvalue weighted by Crippen LogP contribution is 2.33. The van der Waals surface area contributed by atoms with E-state index in [1.165, 1.54) is 0 Å². The van der Waals surface area contributed by atoms with Gasteiger partial charge in [-0.2, -0.15) is 0 Å². The van der Waals surface area contributed by atoms with E-state index in [-0.39, 0.29) is 11.6 Å². The van der Waals surface area contributed by atoms with Gasteiger partial charge in [-0.05, 0) is 34.5 Å². The van der Waals surface area contributed by atoms with Crippen LogP contribution in [0.3, 0.4) is 0 Å². The highest BCUT2D eigenvalue weighted by Gasteiger charge is 2.37. The summed E-state index contributed by atoms with van der Waals surface area (Å²) in [4.78, 5) is 23.6. The highest BCUT2D eigenvalue weighted by atomic mass is 79.9. The molecule has 15 heavy (non-hydrogen) atoms. The molecule has 0 aromatic heterocycles. The van der Waals surface area contributed by atoms with Crippen LogP contribution in [0, 0.1) is 5.92 Å². The van der Waals surface area contributed by atoms with Crippen LogP contribution in [0.1, 0.15) is 34.1 Å². The second-order valence-electron chi connectivity index (χ2n) is 3.61. The van der Waals surface area contributed by atoms with E-state index in [1.54, 1.807) is 12.1 Å². The standard InChI is InChI=1S/C11H10BrNO2/c1-2-5-10(14)6-3-8(12)9(13)4-7(6)11(5)15/h3-5H,2,13H2,1H3/t5-/m1/s1. The fraction of sp³-hybridized carbons (Fsp3) is 0.273. The minimum absolute atomic E-state index is 0.0850. The summed E-state index contributed by atoms with van der Waals surface area (Å²) in [6, 6.07) is 3.22. The molecule has 1 aliphatic carbocycles. The Morgan fingerprint density at radius 1 is 1.27 bits per heavy atom. The molecule has 4 heteroatoms. The van der Waals surface area contributed by atoms with Crippen molar-refractivity contribution in [2.24, 2.45) is 5.92 Å². The van der Waals surface area contributed by atoms with Crippen LogP contribution in [0.5, 0.6) is 0 Å². The van der Waals surface area contributed by atoms with Gasteiger partial charge in [0.15, 0.2) is 11.6 Å². The highest BCUT2D eigenvalue weighted by molar-refractivity contribution is 9.10. The number of halogens is 1. The first-order valence-corrected chi connectivity index (χ1v) is 5.53. The third kappa shape index (κ3) is 1.40. The molecular weight excluding hydrogens is 258 g/mol. The van der Waals surface area contributed by atoms with Gasteiger partial charge >= 0.3 is 0 Å². The maximum absolute atomic E-state index is 11.8. The molecule has 78 valence electrons. The first kappa shape index (κ1) is 10.4. The largest absolute Gasteiger partial charge is 0.398 e. The lowest BCUT2D eigenvalue weighted by Crippen LogP contribution is -2.13. The van der Waals surface area contributed by atoms with Gasteiger partial charge in [0.2, 0.25) is 0 Å². The fourth-order valence-corrected chi connectivity index (χ4v) is 2.21. The van der Waals surface area contributed by atoms with Crippen LogP contribution in [0.2, 0.25) is 0 Å². The van der Waals surface area contributed by atoms with Gasteiger partial charge in [0.05, 0.1) is 5.92 Å². The molecular formula is C11H10BrNO2. The van der Waals surface area contributed by atoms with Crippen LogP contribution in [0.4, 0.5) is 5.69 Å². The molecule has 3 nitrogen and oxygen atoms in total. The van der Waals surface area contributed by atoms with Crippen LogP contribution in [-0.2, 0) is 0 Å². The quantitative estimate of drug-likeness (QED) is 0.628. The van der Waals surface area contributed by atoms with Crippen molar-refractivity contribution in [2.45, 2.75) is 13.3 Å². The minimum Gasteiger partial charge on any atom is -0.398 e. The summed E-state index contributed by atoms with van der Waals surface area (Å²) in [5.41, 5.74) is 7.13. The second-order valence-corrected chi connectivity index (χ2v) is 4.46. The molecule has 0 bridgehead atoms. The number of rotatable bonds is 1. The number of Topliss-reactive ketones (excluding diaryl/α,β-unsaturated/α-hetero) is 2. The Morgan fingerprint density at radius 3 is 2.33 bits per heavy atom. The number of hydrogen-bond acceptors (Lipinski definition) is 3. The number of nitrogens with two attached hydrogens (primary N) is 1. The number of carbonyl (C=O) groups is 2. The molecule has 1 aliphatic rings. The summed E-state index contributed by atoms with van der Waals surface area (Å²) < 4.78 is 0.666. The van der Waals surface area contributed by atoms with Gasteiger partial charge in [-0.3, -0.25) is 9.59 Å². The summed E-state index contributed by atoms with van der Waals surface area (Å²) in [6.07, 6.45) is 0.546. The molecule has 0 aliphatic heterocycles. The van der Waals surface area contributed by atoms with E-state index in [0.29, 0.717) is 27.7 Å². The Balaban J connectivity index is 2.63. The maximum atomic E-state index is 11.8. The van der Waals surface area contributed by atoms with Crippen molar-refractivity contribution in [1.29, 1.82) is 0 Å². The monoisotopic (exact) mass is 267 g/mol. The SMILES string of the molecule is CC[C@H]1C(=O)c2cc(N)c(Br)cc2C1=O. The molecule has 0 heterocycles.